The van der Waals surface area contributed by atoms with Crippen LogP contribution in [0.2, 0.25) is 0 Å². The van der Waals surface area contributed by atoms with Gasteiger partial charge < -0.3 is 19.3 Å². The number of morpholine rings is 1. The molecule has 0 unspecified atom stereocenters. The third-order valence-electron chi connectivity index (χ3n) is 5.75. The van der Waals surface area contributed by atoms with Gasteiger partial charge in [0, 0.05) is 24.8 Å². The zero-order valence-electron chi connectivity index (χ0n) is 17.4. The summed E-state index contributed by atoms with van der Waals surface area (Å²) in [7, 11) is 0. The SMILES string of the molecule is Cc1cccc2nc(CN3C[C@H](C(=O)N4CCOCC4)Oc4ccccc43)cc(=O)n12. The molecular weight excluding hydrogens is 396 g/mol. The van der Waals surface area contributed by atoms with Crippen LogP contribution in [0.5, 0.6) is 5.75 Å². The number of rotatable bonds is 3. The second-order valence-electron chi connectivity index (χ2n) is 7.84. The van der Waals surface area contributed by atoms with Crippen LogP contribution in [0.4, 0.5) is 5.69 Å². The topological polar surface area (TPSA) is 76.4 Å². The molecule has 1 atom stereocenters. The molecule has 0 aliphatic carbocycles. The Labute approximate surface area is 179 Å². The lowest BCUT2D eigenvalue weighted by Gasteiger charge is -2.38. The summed E-state index contributed by atoms with van der Waals surface area (Å²) in [5.41, 5.74) is 2.89. The minimum absolute atomic E-state index is 0.0371. The molecule has 1 aromatic carbocycles. The van der Waals surface area contributed by atoms with Crippen LogP contribution >= 0.6 is 0 Å². The fourth-order valence-corrected chi connectivity index (χ4v) is 4.21. The summed E-state index contributed by atoms with van der Waals surface area (Å²) in [5.74, 6) is 0.624. The molecule has 0 radical (unpaired) electrons. The fraction of sp³-hybridized carbons (Fsp3) is 0.348. The predicted octanol–water partition coefficient (Wildman–Crippen LogP) is 1.63. The number of nitrogens with zero attached hydrogens (tertiary/aromatic N) is 4. The molecule has 1 saturated heterocycles. The van der Waals surface area contributed by atoms with E-state index in [1.165, 1.54) is 0 Å². The molecule has 2 aliphatic rings. The Morgan fingerprint density at radius 2 is 1.94 bits per heavy atom. The van der Waals surface area contributed by atoms with E-state index in [-0.39, 0.29) is 11.5 Å². The van der Waals surface area contributed by atoms with Gasteiger partial charge in [-0.3, -0.25) is 14.0 Å². The van der Waals surface area contributed by atoms with Gasteiger partial charge in [0.15, 0.2) is 6.10 Å². The van der Waals surface area contributed by atoms with Gasteiger partial charge in [-0.2, -0.15) is 0 Å². The van der Waals surface area contributed by atoms with Crippen molar-refractivity contribution >= 4 is 17.2 Å². The Bertz CT molecular complexity index is 1190. The van der Waals surface area contributed by atoms with Crippen molar-refractivity contribution in [1.29, 1.82) is 0 Å². The van der Waals surface area contributed by atoms with Gasteiger partial charge in [0.2, 0.25) is 0 Å². The number of aryl methyl sites for hydroxylation is 1. The number of fused-ring (bicyclic) bond motifs is 2. The van der Waals surface area contributed by atoms with Crippen LogP contribution in [-0.2, 0) is 16.1 Å². The Hall–Kier alpha value is -3.39. The lowest BCUT2D eigenvalue weighted by Crippen LogP contribution is -2.52. The van der Waals surface area contributed by atoms with Crippen LogP contribution in [0.1, 0.15) is 11.4 Å². The molecule has 0 N–H and O–H groups in total. The summed E-state index contributed by atoms with van der Waals surface area (Å²) in [6.07, 6.45) is -0.614. The largest absolute Gasteiger partial charge is 0.477 e. The summed E-state index contributed by atoms with van der Waals surface area (Å²) in [4.78, 5) is 34.3. The summed E-state index contributed by atoms with van der Waals surface area (Å²) in [6.45, 7) is 4.92. The Morgan fingerprint density at radius 1 is 1.13 bits per heavy atom. The van der Waals surface area contributed by atoms with Crippen LogP contribution in [-0.4, -0.2) is 59.1 Å². The lowest BCUT2D eigenvalue weighted by atomic mass is 10.1. The predicted molar refractivity (Wildman–Crippen MR) is 116 cm³/mol. The van der Waals surface area contributed by atoms with E-state index in [4.69, 9.17) is 14.5 Å². The second kappa shape index (κ2) is 8.03. The van der Waals surface area contributed by atoms with Crippen LogP contribution in [0.25, 0.3) is 5.65 Å². The van der Waals surface area contributed by atoms with Crippen molar-refractivity contribution in [2.45, 2.75) is 19.6 Å². The molecule has 1 fully saturated rings. The molecule has 8 heteroatoms. The second-order valence-corrected chi connectivity index (χ2v) is 7.84. The fourth-order valence-electron chi connectivity index (χ4n) is 4.21. The normalized spacial score (nSPS) is 18.5. The molecule has 0 bridgehead atoms. The smallest absolute Gasteiger partial charge is 0.265 e. The molecule has 4 heterocycles. The molecule has 8 nitrogen and oxygen atoms in total. The Morgan fingerprint density at radius 3 is 2.77 bits per heavy atom. The molecule has 160 valence electrons. The molecule has 5 rings (SSSR count). The molecule has 2 aromatic heterocycles. The third kappa shape index (κ3) is 3.74. The summed E-state index contributed by atoms with van der Waals surface area (Å²) >= 11 is 0. The summed E-state index contributed by atoms with van der Waals surface area (Å²) < 4.78 is 13.0. The zero-order chi connectivity index (χ0) is 21.4. The summed E-state index contributed by atoms with van der Waals surface area (Å²) in [5, 5.41) is 0. The van der Waals surface area contributed by atoms with Crippen molar-refractivity contribution in [3.63, 3.8) is 0 Å². The van der Waals surface area contributed by atoms with Crippen molar-refractivity contribution in [3.05, 3.63) is 70.3 Å². The van der Waals surface area contributed by atoms with Gasteiger partial charge in [-0.15, -0.1) is 0 Å². The van der Waals surface area contributed by atoms with E-state index in [1.807, 2.05) is 49.4 Å². The molecule has 1 amide bonds. The van der Waals surface area contributed by atoms with Crippen molar-refractivity contribution in [1.82, 2.24) is 14.3 Å². The van der Waals surface area contributed by atoms with Gasteiger partial charge in [-0.1, -0.05) is 18.2 Å². The Balaban J connectivity index is 1.45. The zero-order valence-corrected chi connectivity index (χ0v) is 17.4. The molecule has 31 heavy (non-hydrogen) atoms. The molecule has 0 saturated carbocycles. The van der Waals surface area contributed by atoms with E-state index < -0.39 is 6.10 Å². The molecule has 2 aliphatic heterocycles. The number of pyridine rings is 1. The lowest BCUT2D eigenvalue weighted by molar-refractivity contribution is -0.142. The quantitative estimate of drug-likeness (QED) is 0.641. The monoisotopic (exact) mass is 420 g/mol. The number of carbonyl (C=O) groups excluding carboxylic acids is 1. The van der Waals surface area contributed by atoms with Gasteiger partial charge in [-0.25, -0.2) is 4.98 Å². The first-order chi connectivity index (χ1) is 15.1. The number of carbonyl (C=O) groups is 1. The first-order valence-corrected chi connectivity index (χ1v) is 10.5. The highest BCUT2D eigenvalue weighted by atomic mass is 16.5. The van der Waals surface area contributed by atoms with Crippen LogP contribution in [0.3, 0.4) is 0 Å². The van der Waals surface area contributed by atoms with Crippen LogP contribution < -0.4 is 15.2 Å². The number of aromatic nitrogens is 2. The number of para-hydroxylation sites is 2. The standard InChI is InChI=1S/C23H24N4O4/c1-16-5-4-8-21-24-17(13-22(28)27(16)21)14-26-15-20(23(29)25-9-11-30-12-10-25)31-19-7-3-2-6-18(19)26/h2-8,13,20H,9-12,14-15H2,1H3/t20-/m1/s1. The minimum Gasteiger partial charge on any atom is -0.477 e. The van der Waals surface area contributed by atoms with E-state index in [0.29, 0.717) is 56.5 Å². The first kappa shape index (κ1) is 19.6. The molecular formula is C23H24N4O4. The van der Waals surface area contributed by atoms with E-state index in [2.05, 4.69) is 4.90 Å². The van der Waals surface area contributed by atoms with Crippen molar-refractivity contribution in [2.75, 3.05) is 37.7 Å². The van der Waals surface area contributed by atoms with E-state index in [1.54, 1.807) is 15.4 Å². The maximum absolute atomic E-state index is 13.1. The molecule has 3 aromatic rings. The highest BCUT2D eigenvalue weighted by Gasteiger charge is 2.34. The maximum atomic E-state index is 13.1. The van der Waals surface area contributed by atoms with Crippen molar-refractivity contribution in [2.24, 2.45) is 0 Å². The average molecular weight is 420 g/mol. The number of hydrogen-bond acceptors (Lipinski definition) is 6. The summed E-state index contributed by atoms with van der Waals surface area (Å²) in [6, 6.07) is 14.8. The van der Waals surface area contributed by atoms with E-state index in [9.17, 15) is 9.59 Å². The minimum atomic E-state index is -0.614. The number of hydrogen-bond donors (Lipinski definition) is 0. The van der Waals surface area contributed by atoms with Gasteiger partial charge in [0.25, 0.3) is 11.5 Å². The average Bonchev–Trinajstić information content (AvgIpc) is 2.79. The highest BCUT2D eigenvalue weighted by Crippen LogP contribution is 2.34. The van der Waals surface area contributed by atoms with E-state index in [0.717, 1.165) is 11.4 Å². The Kier molecular flexibility index (Phi) is 5.07. The number of anilines is 1. The highest BCUT2D eigenvalue weighted by molar-refractivity contribution is 5.83. The van der Waals surface area contributed by atoms with Gasteiger partial charge in [-0.05, 0) is 31.2 Å². The first-order valence-electron chi connectivity index (χ1n) is 10.5. The number of amides is 1. The van der Waals surface area contributed by atoms with Crippen LogP contribution in [0, 0.1) is 6.92 Å². The van der Waals surface area contributed by atoms with E-state index >= 15 is 0 Å². The number of benzene rings is 1. The maximum Gasteiger partial charge on any atom is 0.265 e. The van der Waals surface area contributed by atoms with Crippen molar-refractivity contribution in [3.8, 4) is 5.75 Å². The third-order valence-corrected chi connectivity index (χ3v) is 5.75. The van der Waals surface area contributed by atoms with Crippen molar-refractivity contribution < 1.29 is 14.3 Å². The van der Waals surface area contributed by atoms with Gasteiger partial charge in [0.1, 0.15) is 11.4 Å². The van der Waals surface area contributed by atoms with Gasteiger partial charge in [0.05, 0.1) is 37.7 Å². The molecule has 0 spiro atoms. The number of ether oxygens (including phenoxy) is 2. The van der Waals surface area contributed by atoms with Crippen LogP contribution in [0.15, 0.2) is 53.3 Å². The van der Waals surface area contributed by atoms with Gasteiger partial charge >= 0.3 is 0 Å².